The van der Waals surface area contributed by atoms with E-state index in [0.29, 0.717) is 17.8 Å². The average molecular weight is 251 g/mol. The maximum atomic E-state index is 13.2. The van der Waals surface area contributed by atoms with Gasteiger partial charge in [-0.05, 0) is 55.0 Å². The average Bonchev–Trinajstić information content (AvgIpc) is 2.31. The Morgan fingerprint density at radius 1 is 1.11 bits per heavy atom. The molecule has 0 spiro atoms. The highest BCUT2D eigenvalue weighted by atomic mass is 19.1. The van der Waals surface area contributed by atoms with Crippen molar-refractivity contribution < 1.29 is 4.39 Å². The smallest absolute Gasteiger partial charge is 0.126 e. The van der Waals surface area contributed by atoms with E-state index in [0.717, 1.165) is 18.7 Å². The normalized spacial score (nSPS) is 14.8. The summed E-state index contributed by atoms with van der Waals surface area (Å²) in [5.74, 6) is 1.56. The Morgan fingerprint density at radius 2 is 1.78 bits per heavy atom. The number of benzene rings is 1. The fraction of sp³-hybridized carbons (Fsp3) is 0.625. The van der Waals surface area contributed by atoms with E-state index in [1.807, 2.05) is 19.1 Å². The molecule has 0 aliphatic heterocycles. The van der Waals surface area contributed by atoms with Crippen LogP contribution in [0.3, 0.4) is 0 Å². The lowest BCUT2D eigenvalue weighted by molar-refractivity contribution is 0.428. The van der Waals surface area contributed by atoms with Gasteiger partial charge in [0.2, 0.25) is 0 Å². The molecule has 0 aromatic heterocycles. The quantitative estimate of drug-likeness (QED) is 0.802. The van der Waals surface area contributed by atoms with E-state index in [4.69, 9.17) is 0 Å². The molecule has 2 unspecified atom stereocenters. The van der Waals surface area contributed by atoms with Crippen molar-refractivity contribution in [1.29, 1.82) is 0 Å². The van der Waals surface area contributed by atoms with Gasteiger partial charge in [-0.15, -0.1) is 0 Å². The summed E-state index contributed by atoms with van der Waals surface area (Å²) in [7, 11) is 0. The molecular weight excluding hydrogens is 225 g/mol. The van der Waals surface area contributed by atoms with E-state index in [2.05, 4.69) is 33.0 Å². The van der Waals surface area contributed by atoms with Gasteiger partial charge < -0.3 is 5.32 Å². The van der Waals surface area contributed by atoms with Crippen molar-refractivity contribution in [3.8, 4) is 0 Å². The molecule has 102 valence electrons. The van der Waals surface area contributed by atoms with Crippen LogP contribution in [0.2, 0.25) is 0 Å². The summed E-state index contributed by atoms with van der Waals surface area (Å²) >= 11 is 0. The topological polar surface area (TPSA) is 12.0 Å². The van der Waals surface area contributed by atoms with Gasteiger partial charge in [0.05, 0.1) is 0 Å². The summed E-state index contributed by atoms with van der Waals surface area (Å²) in [6.07, 6.45) is 0. The molecule has 2 heteroatoms. The van der Waals surface area contributed by atoms with Crippen LogP contribution in [0.1, 0.15) is 44.7 Å². The maximum absolute atomic E-state index is 13.2. The number of rotatable bonds is 6. The fourth-order valence-corrected chi connectivity index (χ4v) is 2.06. The molecule has 0 bridgehead atoms. The van der Waals surface area contributed by atoms with Gasteiger partial charge in [-0.3, -0.25) is 0 Å². The summed E-state index contributed by atoms with van der Waals surface area (Å²) in [5, 5.41) is 3.49. The predicted molar refractivity (Wildman–Crippen MR) is 76.4 cm³/mol. The van der Waals surface area contributed by atoms with E-state index in [1.165, 1.54) is 5.56 Å². The Bertz CT molecular complexity index is 373. The molecule has 2 atom stereocenters. The third-order valence-electron chi connectivity index (χ3n) is 3.58. The van der Waals surface area contributed by atoms with Gasteiger partial charge in [-0.25, -0.2) is 4.39 Å². The molecular formula is C16H26FN. The van der Waals surface area contributed by atoms with E-state index in [1.54, 1.807) is 6.07 Å². The van der Waals surface area contributed by atoms with Crippen LogP contribution in [-0.2, 0) is 0 Å². The second kappa shape index (κ2) is 6.89. The number of aryl methyl sites for hydroxylation is 1. The van der Waals surface area contributed by atoms with Crippen LogP contribution in [0.25, 0.3) is 0 Å². The predicted octanol–water partition coefficient (Wildman–Crippen LogP) is 4.12. The fourth-order valence-electron chi connectivity index (χ4n) is 2.06. The SMILES string of the molecule is Cc1cc(C(C)C(C)CNCC(C)C)ccc1F. The second-order valence-electron chi connectivity index (χ2n) is 5.83. The van der Waals surface area contributed by atoms with E-state index < -0.39 is 0 Å². The Balaban J connectivity index is 2.56. The molecule has 1 nitrogen and oxygen atoms in total. The molecule has 1 aromatic rings. The first-order chi connectivity index (χ1) is 8.41. The minimum absolute atomic E-state index is 0.114. The maximum Gasteiger partial charge on any atom is 0.126 e. The van der Waals surface area contributed by atoms with Crippen LogP contribution in [0, 0.1) is 24.6 Å². The summed E-state index contributed by atoms with van der Waals surface area (Å²) in [4.78, 5) is 0. The van der Waals surface area contributed by atoms with Gasteiger partial charge in [0, 0.05) is 0 Å². The molecule has 0 fully saturated rings. The van der Waals surface area contributed by atoms with Crippen LogP contribution in [0.5, 0.6) is 0 Å². The lowest BCUT2D eigenvalue weighted by atomic mass is 9.88. The summed E-state index contributed by atoms with van der Waals surface area (Å²) in [6.45, 7) is 12.8. The number of hydrogen-bond donors (Lipinski definition) is 1. The highest BCUT2D eigenvalue weighted by Gasteiger charge is 2.15. The zero-order chi connectivity index (χ0) is 13.7. The summed E-state index contributed by atoms with van der Waals surface area (Å²) in [5.41, 5.74) is 1.97. The number of halogens is 1. The third-order valence-corrected chi connectivity index (χ3v) is 3.58. The van der Waals surface area contributed by atoms with Crippen molar-refractivity contribution in [3.63, 3.8) is 0 Å². The van der Waals surface area contributed by atoms with Crippen LogP contribution >= 0.6 is 0 Å². The first-order valence-corrected chi connectivity index (χ1v) is 6.88. The van der Waals surface area contributed by atoms with E-state index >= 15 is 0 Å². The van der Waals surface area contributed by atoms with Gasteiger partial charge in [0.25, 0.3) is 0 Å². The van der Waals surface area contributed by atoms with Crippen LogP contribution < -0.4 is 5.32 Å². The van der Waals surface area contributed by atoms with Gasteiger partial charge in [-0.2, -0.15) is 0 Å². The molecule has 0 heterocycles. The monoisotopic (exact) mass is 251 g/mol. The first-order valence-electron chi connectivity index (χ1n) is 6.88. The lowest BCUT2D eigenvalue weighted by Gasteiger charge is -2.22. The molecule has 0 amide bonds. The Hall–Kier alpha value is -0.890. The van der Waals surface area contributed by atoms with Crippen LogP contribution in [0.15, 0.2) is 18.2 Å². The molecule has 18 heavy (non-hydrogen) atoms. The van der Waals surface area contributed by atoms with Crippen molar-refractivity contribution >= 4 is 0 Å². The molecule has 1 N–H and O–H groups in total. The van der Waals surface area contributed by atoms with Gasteiger partial charge in [0.15, 0.2) is 0 Å². The zero-order valence-electron chi connectivity index (χ0n) is 12.3. The van der Waals surface area contributed by atoms with Crippen molar-refractivity contribution in [2.75, 3.05) is 13.1 Å². The van der Waals surface area contributed by atoms with Gasteiger partial charge >= 0.3 is 0 Å². The Morgan fingerprint density at radius 3 is 2.33 bits per heavy atom. The molecule has 1 rings (SSSR count). The number of nitrogens with one attached hydrogen (secondary N) is 1. The standard InChI is InChI=1S/C16H26FN/c1-11(2)9-18-10-13(4)14(5)15-6-7-16(17)12(3)8-15/h6-8,11,13-14,18H,9-10H2,1-5H3. The molecule has 0 aliphatic rings. The molecule has 0 aliphatic carbocycles. The molecule has 0 saturated heterocycles. The largest absolute Gasteiger partial charge is 0.316 e. The van der Waals surface area contributed by atoms with Crippen molar-refractivity contribution in [1.82, 2.24) is 5.32 Å². The van der Waals surface area contributed by atoms with E-state index in [-0.39, 0.29) is 5.82 Å². The number of hydrogen-bond acceptors (Lipinski definition) is 1. The molecule has 0 saturated carbocycles. The van der Waals surface area contributed by atoms with Crippen LogP contribution in [0.4, 0.5) is 4.39 Å². The summed E-state index contributed by atoms with van der Waals surface area (Å²) in [6, 6.07) is 5.46. The van der Waals surface area contributed by atoms with Crippen molar-refractivity contribution in [3.05, 3.63) is 35.1 Å². The Kier molecular flexibility index (Phi) is 5.80. The first kappa shape index (κ1) is 15.2. The molecule has 1 aromatic carbocycles. The zero-order valence-corrected chi connectivity index (χ0v) is 12.3. The highest BCUT2D eigenvalue weighted by Crippen LogP contribution is 2.25. The lowest BCUT2D eigenvalue weighted by Crippen LogP contribution is -2.27. The van der Waals surface area contributed by atoms with Crippen molar-refractivity contribution in [2.45, 2.75) is 40.5 Å². The highest BCUT2D eigenvalue weighted by molar-refractivity contribution is 5.26. The van der Waals surface area contributed by atoms with Gasteiger partial charge in [-0.1, -0.05) is 39.8 Å². The van der Waals surface area contributed by atoms with Crippen molar-refractivity contribution in [2.24, 2.45) is 11.8 Å². The molecule has 0 radical (unpaired) electrons. The van der Waals surface area contributed by atoms with Crippen LogP contribution in [-0.4, -0.2) is 13.1 Å². The second-order valence-corrected chi connectivity index (χ2v) is 5.83. The summed E-state index contributed by atoms with van der Waals surface area (Å²) < 4.78 is 13.2. The van der Waals surface area contributed by atoms with E-state index in [9.17, 15) is 4.39 Å². The third kappa shape index (κ3) is 4.41. The minimum Gasteiger partial charge on any atom is -0.316 e. The Labute approximate surface area is 111 Å². The van der Waals surface area contributed by atoms with Gasteiger partial charge in [0.1, 0.15) is 5.82 Å². The minimum atomic E-state index is -0.114.